The molecule has 3 unspecified atom stereocenters. The van der Waals surface area contributed by atoms with Crippen molar-refractivity contribution in [2.75, 3.05) is 52.2 Å². The van der Waals surface area contributed by atoms with Crippen molar-refractivity contribution in [2.45, 2.75) is 52.4 Å². The van der Waals surface area contributed by atoms with E-state index in [1.165, 1.54) is 0 Å². The third-order valence-electron chi connectivity index (χ3n) is 6.32. The van der Waals surface area contributed by atoms with E-state index in [9.17, 15) is 8.42 Å². The van der Waals surface area contributed by atoms with E-state index >= 15 is 0 Å². The second-order valence-corrected chi connectivity index (χ2v) is 10.9. The van der Waals surface area contributed by atoms with Gasteiger partial charge in [0.25, 0.3) is 0 Å². The van der Waals surface area contributed by atoms with Gasteiger partial charge in [-0.3, -0.25) is 4.99 Å². The van der Waals surface area contributed by atoms with E-state index in [4.69, 9.17) is 9.47 Å². The third kappa shape index (κ3) is 4.32. The van der Waals surface area contributed by atoms with E-state index in [-0.39, 0.29) is 23.9 Å². The quantitative estimate of drug-likeness (QED) is 0.508. The normalized spacial score (nSPS) is 31.0. The average Bonchev–Trinajstić information content (AvgIpc) is 3.09. The van der Waals surface area contributed by atoms with Crippen molar-refractivity contribution in [2.24, 2.45) is 16.3 Å². The van der Waals surface area contributed by atoms with Gasteiger partial charge in [0.1, 0.15) is 0 Å². The molecule has 3 rings (SSSR count). The number of rotatable bonds is 6. The van der Waals surface area contributed by atoms with Crippen LogP contribution in [0.5, 0.6) is 0 Å². The minimum absolute atomic E-state index is 0.0392. The van der Waals surface area contributed by atoms with Gasteiger partial charge in [-0.1, -0.05) is 13.8 Å². The third-order valence-corrected chi connectivity index (χ3v) is 8.16. The Hall–Kier alpha value is -0.900. The van der Waals surface area contributed by atoms with Crippen molar-refractivity contribution in [3.8, 4) is 0 Å². The van der Waals surface area contributed by atoms with Gasteiger partial charge < -0.3 is 19.7 Å². The van der Waals surface area contributed by atoms with Crippen LogP contribution >= 0.6 is 0 Å². The number of nitrogens with zero attached hydrogens (tertiary/aromatic N) is 3. The topological polar surface area (TPSA) is 83.5 Å². The highest BCUT2D eigenvalue weighted by Crippen LogP contribution is 2.52. The van der Waals surface area contributed by atoms with Crippen LogP contribution in [0.1, 0.15) is 34.1 Å². The summed E-state index contributed by atoms with van der Waals surface area (Å²) in [5, 5.41) is 3.64. The summed E-state index contributed by atoms with van der Waals surface area (Å²) in [6.45, 7) is 11.6. The predicted molar refractivity (Wildman–Crippen MR) is 110 cm³/mol. The van der Waals surface area contributed by atoms with Crippen LogP contribution in [0.25, 0.3) is 0 Å². The minimum atomic E-state index is -3.28. The number of ether oxygens (including phenoxy) is 2. The Labute approximate surface area is 169 Å². The summed E-state index contributed by atoms with van der Waals surface area (Å²) in [5.74, 6) is 1.44. The fraction of sp³-hybridized carbons (Fsp3) is 0.947. The maximum absolute atomic E-state index is 12.5. The van der Waals surface area contributed by atoms with E-state index < -0.39 is 10.0 Å². The van der Waals surface area contributed by atoms with Gasteiger partial charge in [-0.15, -0.1) is 0 Å². The van der Waals surface area contributed by atoms with Gasteiger partial charge in [-0.05, 0) is 20.3 Å². The number of hydrogen-bond donors (Lipinski definition) is 1. The Morgan fingerprint density at radius 3 is 2.57 bits per heavy atom. The Balaban J connectivity index is 1.52. The zero-order chi connectivity index (χ0) is 20.5. The number of sulfonamides is 1. The van der Waals surface area contributed by atoms with Crippen LogP contribution in [0.2, 0.25) is 0 Å². The fourth-order valence-corrected chi connectivity index (χ4v) is 6.03. The molecule has 0 spiro atoms. The smallest absolute Gasteiger partial charge is 0.216 e. The highest BCUT2D eigenvalue weighted by Gasteiger charge is 2.59. The molecule has 0 radical (unpaired) electrons. The number of hydrogen-bond acceptors (Lipinski definition) is 5. The Morgan fingerprint density at radius 1 is 1.29 bits per heavy atom. The molecule has 3 fully saturated rings. The van der Waals surface area contributed by atoms with Crippen molar-refractivity contribution in [3.63, 3.8) is 0 Å². The summed E-state index contributed by atoms with van der Waals surface area (Å²) >= 11 is 0. The van der Waals surface area contributed by atoms with Crippen LogP contribution in [0.15, 0.2) is 4.99 Å². The molecule has 1 N–H and O–H groups in total. The molecule has 0 aromatic heterocycles. The fourth-order valence-electron chi connectivity index (χ4n) is 4.75. The van der Waals surface area contributed by atoms with Crippen molar-refractivity contribution < 1.29 is 17.9 Å². The van der Waals surface area contributed by atoms with Gasteiger partial charge in [0.2, 0.25) is 10.0 Å². The first-order chi connectivity index (χ1) is 13.2. The lowest BCUT2D eigenvalue weighted by atomic mass is 9.57. The zero-order valence-electron chi connectivity index (χ0n) is 17.8. The maximum Gasteiger partial charge on any atom is 0.216 e. The highest BCUT2D eigenvalue weighted by molar-refractivity contribution is 7.89. The molecule has 3 atom stereocenters. The van der Waals surface area contributed by atoms with E-state index in [0.717, 1.165) is 19.0 Å². The monoisotopic (exact) mass is 416 g/mol. The van der Waals surface area contributed by atoms with Gasteiger partial charge in [0.15, 0.2) is 5.96 Å². The van der Waals surface area contributed by atoms with Gasteiger partial charge in [0.05, 0.1) is 24.6 Å². The van der Waals surface area contributed by atoms with E-state index in [2.05, 4.69) is 29.1 Å². The number of aliphatic imine (C=N–C) groups is 1. The van der Waals surface area contributed by atoms with Crippen LogP contribution in [-0.4, -0.2) is 94.0 Å². The van der Waals surface area contributed by atoms with Gasteiger partial charge in [-0.2, -0.15) is 4.31 Å². The molecule has 1 saturated carbocycles. The first kappa shape index (κ1) is 21.8. The first-order valence-corrected chi connectivity index (χ1v) is 12.0. The van der Waals surface area contributed by atoms with Crippen molar-refractivity contribution in [1.29, 1.82) is 0 Å². The number of nitrogens with one attached hydrogen (secondary N) is 1. The summed E-state index contributed by atoms with van der Waals surface area (Å²) in [6, 6.07) is 0.341. The number of piperazine rings is 1. The molecular weight excluding hydrogens is 380 g/mol. The summed E-state index contributed by atoms with van der Waals surface area (Å²) < 4.78 is 37.9. The van der Waals surface area contributed by atoms with Crippen molar-refractivity contribution in [1.82, 2.24) is 14.5 Å². The SMILES string of the molecule is CN=C(NC1C2CCOC2C1(C)C)N1CCN(S(=O)(=O)CCOC(C)C)CC1. The second kappa shape index (κ2) is 8.45. The standard InChI is InChI=1S/C19H36N4O4S/c1-14(2)26-12-13-28(24,25)23-9-7-22(8-10-23)18(20-5)21-16-15-6-11-27-17(15)19(16,3)4/h14-17H,6-13H2,1-5H3,(H,20,21). The highest BCUT2D eigenvalue weighted by atomic mass is 32.2. The van der Waals surface area contributed by atoms with Crippen LogP contribution in [0, 0.1) is 11.3 Å². The summed E-state index contributed by atoms with van der Waals surface area (Å²) in [5.41, 5.74) is 0.0820. The van der Waals surface area contributed by atoms with Gasteiger partial charge >= 0.3 is 0 Å². The molecule has 0 aromatic carbocycles. The van der Waals surface area contributed by atoms with Gasteiger partial charge in [0, 0.05) is 57.2 Å². The molecular formula is C19H36N4O4S. The van der Waals surface area contributed by atoms with Crippen molar-refractivity contribution >= 4 is 16.0 Å². The molecule has 162 valence electrons. The van der Waals surface area contributed by atoms with Gasteiger partial charge in [-0.25, -0.2) is 8.42 Å². The molecule has 0 aromatic rings. The molecule has 2 heterocycles. The number of fused-ring (bicyclic) bond motifs is 1. The maximum atomic E-state index is 12.5. The molecule has 0 amide bonds. The van der Waals surface area contributed by atoms with E-state index in [0.29, 0.717) is 44.2 Å². The van der Waals surface area contributed by atoms with Crippen LogP contribution in [-0.2, 0) is 19.5 Å². The Bertz CT molecular complexity index is 671. The molecule has 28 heavy (non-hydrogen) atoms. The van der Waals surface area contributed by atoms with Crippen LogP contribution in [0.3, 0.4) is 0 Å². The van der Waals surface area contributed by atoms with Crippen LogP contribution in [0.4, 0.5) is 0 Å². The second-order valence-electron chi connectivity index (χ2n) is 8.86. The lowest BCUT2D eigenvalue weighted by molar-refractivity contribution is -0.107. The molecule has 2 saturated heterocycles. The largest absolute Gasteiger partial charge is 0.378 e. The Morgan fingerprint density at radius 2 is 1.96 bits per heavy atom. The predicted octanol–water partition coefficient (Wildman–Crippen LogP) is 0.748. The van der Waals surface area contributed by atoms with E-state index in [1.54, 1.807) is 11.4 Å². The van der Waals surface area contributed by atoms with Crippen molar-refractivity contribution in [3.05, 3.63) is 0 Å². The summed E-state index contributed by atoms with van der Waals surface area (Å²) in [4.78, 5) is 6.63. The minimum Gasteiger partial charge on any atom is -0.378 e. The average molecular weight is 417 g/mol. The first-order valence-electron chi connectivity index (χ1n) is 10.4. The lowest BCUT2D eigenvalue weighted by Crippen LogP contribution is -2.68. The summed E-state index contributed by atoms with van der Waals surface area (Å²) in [7, 11) is -1.48. The molecule has 2 aliphatic heterocycles. The zero-order valence-corrected chi connectivity index (χ0v) is 18.7. The molecule has 8 nitrogen and oxygen atoms in total. The summed E-state index contributed by atoms with van der Waals surface area (Å²) in [6.07, 6.45) is 1.47. The Kier molecular flexibility index (Phi) is 6.58. The van der Waals surface area contributed by atoms with Crippen LogP contribution < -0.4 is 5.32 Å². The number of guanidine groups is 1. The van der Waals surface area contributed by atoms with E-state index in [1.807, 2.05) is 13.8 Å². The molecule has 0 bridgehead atoms. The molecule has 1 aliphatic carbocycles. The molecule has 3 aliphatic rings. The lowest BCUT2D eigenvalue weighted by Gasteiger charge is -2.55. The molecule has 9 heteroatoms.